The standard InChI is InChI=1S/C12H10BrF3O2.C9H8BrFO.C4H5BrF2O2.Cu.HI/c1-7(17)12(15,16)5-4-11(18)9-3-2-8(14)6-10(9)13;10-8-5-6(11)1-2-7(8)9(12)3-4-9;1-2-9-3(8)4(5,6)7;;/h2-3,6H,4-5H2,1H3;1-2,5,12H,3-4H2;2H2,1H3;;1H/q;;;+1;/p-1. The number of hydrogen-bond donors (Lipinski definition) is 1. The zero-order valence-electron chi connectivity index (χ0n) is 21.2. The van der Waals surface area contributed by atoms with Crippen LogP contribution in [0.1, 0.15) is 55.5 Å². The number of carbonyl (C=O) groups is 3. The summed E-state index contributed by atoms with van der Waals surface area (Å²) >= 11 is 13.9. The quantitative estimate of drug-likeness (QED) is 0.0716. The Bertz CT molecular complexity index is 1200. The van der Waals surface area contributed by atoms with Crippen molar-refractivity contribution in [3.05, 3.63) is 68.1 Å². The molecule has 0 radical (unpaired) electrons. The van der Waals surface area contributed by atoms with Gasteiger partial charge in [0.25, 0.3) is 0 Å². The van der Waals surface area contributed by atoms with E-state index in [9.17, 15) is 45.8 Å². The van der Waals surface area contributed by atoms with Crippen LogP contribution in [0, 0.1) is 11.6 Å². The third kappa shape index (κ3) is 14.7. The molecule has 16 heteroatoms. The molecule has 1 saturated carbocycles. The maximum absolute atomic E-state index is 13.0. The van der Waals surface area contributed by atoms with Crippen molar-refractivity contribution in [1.29, 1.82) is 0 Å². The number of ketones is 2. The first-order valence-corrected chi connectivity index (χ1v) is 16.7. The Kier molecular flexibility index (Phi) is 18.1. The van der Waals surface area contributed by atoms with Gasteiger partial charge in [0.15, 0.2) is 11.6 Å². The van der Waals surface area contributed by atoms with Crippen LogP contribution >= 0.6 is 68.1 Å². The van der Waals surface area contributed by atoms with Crippen LogP contribution < -0.4 is 0 Å². The van der Waals surface area contributed by atoms with Gasteiger partial charge in [-0.1, -0.05) is 22.0 Å². The SMILES string of the molecule is CC(=O)C(F)(F)CCC(=O)c1ccc(F)cc1Br.CCOC(=O)C(F)(F)Br.OC1(c2ccc(F)cc2Br)CC1.[Cu][I]. The topological polar surface area (TPSA) is 80.7 Å². The summed E-state index contributed by atoms with van der Waals surface area (Å²) in [6.07, 6.45) is 0.232. The number of hydrogen-bond acceptors (Lipinski definition) is 5. The molecule has 1 fully saturated rings. The third-order valence-corrected chi connectivity index (χ3v) is 6.71. The zero-order chi connectivity index (χ0) is 32.2. The Hall–Kier alpha value is -0.521. The Labute approximate surface area is 277 Å². The molecule has 2 aromatic carbocycles. The number of ether oxygens (including phenoxy) is 1. The van der Waals surface area contributed by atoms with Gasteiger partial charge in [-0.25, -0.2) is 13.6 Å². The molecule has 0 aliphatic heterocycles. The molecule has 1 N–H and O–H groups in total. The van der Waals surface area contributed by atoms with E-state index in [1.54, 1.807) is 26.4 Å². The number of esters is 1. The molecule has 3 rings (SSSR count). The molecule has 0 amide bonds. The molecular formula is C25H23Br3CuF6IO5. The first kappa shape index (κ1) is 40.5. The summed E-state index contributed by atoms with van der Waals surface area (Å²) in [6, 6.07) is 7.75. The summed E-state index contributed by atoms with van der Waals surface area (Å²) in [4.78, 5) is 28.8. The van der Waals surface area contributed by atoms with Crippen LogP contribution in [0.4, 0.5) is 26.3 Å². The average Bonchev–Trinajstić information content (AvgIpc) is 3.62. The van der Waals surface area contributed by atoms with Crippen molar-refractivity contribution in [2.24, 2.45) is 0 Å². The monoisotopic (exact) mass is 944 g/mol. The predicted molar refractivity (Wildman–Crippen MR) is 155 cm³/mol. The molecule has 0 spiro atoms. The Balaban J connectivity index is 0.000000603. The third-order valence-electron chi connectivity index (χ3n) is 5.08. The average molecular weight is 948 g/mol. The molecule has 5 nitrogen and oxygen atoms in total. The van der Waals surface area contributed by atoms with E-state index in [0.717, 1.165) is 37.5 Å². The molecule has 0 bridgehead atoms. The van der Waals surface area contributed by atoms with E-state index in [1.807, 2.05) is 15.9 Å². The summed E-state index contributed by atoms with van der Waals surface area (Å²) < 4.78 is 79.8. The van der Waals surface area contributed by atoms with Crippen molar-refractivity contribution >= 4 is 85.7 Å². The van der Waals surface area contributed by atoms with Crippen LogP contribution in [-0.4, -0.2) is 40.0 Å². The minimum atomic E-state index is -3.54. The fourth-order valence-electron chi connectivity index (χ4n) is 2.76. The summed E-state index contributed by atoms with van der Waals surface area (Å²) in [5.74, 6) is -7.70. The normalized spacial score (nSPS) is 13.2. The first-order chi connectivity index (χ1) is 18.8. The minimum absolute atomic E-state index is 0.0416. The van der Waals surface area contributed by atoms with Gasteiger partial charge in [-0.15, -0.1) is 0 Å². The Morgan fingerprint density at radius 3 is 1.85 bits per heavy atom. The van der Waals surface area contributed by atoms with E-state index in [-0.39, 0.29) is 22.5 Å². The van der Waals surface area contributed by atoms with E-state index in [2.05, 4.69) is 49.4 Å². The van der Waals surface area contributed by atoms with E-state index < -0.39 is 52.6 Å². The maximum atomic E-state index is 13.0. The van der Waals surface area contributed by atoms with Gasteiger partial charge in [-0.3, -0.25) is 9.59 Å². The number of rotatable bonds is 8. The van der Waals surface area contributed by atoms with Gasteiger partial charge in [0.1, 0.15) is 11.6 Å². The number of halogens is 10. The first-order valence-electron chi connectivity index (χ1n) is 11.2. The van der Waals surface area contributed by atoms with Crippen LogP contribution in [0.25, 0.3) is 0 Å². The second-order valence-electron chi connectivity index (χ2n) is 8.18. The summed E-state index contributed by atoms with van der Waals surface area (Å²) in [5.41, 5.74) is 0.228. The van der Waals surface area contributed by atoms with E-state index in [0.29, 0.717) is 4.47 Å². The van der Waals surface area contributed by atoms with Gasteiger partial charge in [-0.2, -0.15) is 17.6 Å². The van der Waals surface area contributed by atoms with E-state index in [1.165, 1.54) is 25.1 Å². The molecule has 41 heavy (non-hydrogen) atoms. The molecule has 1 aliphatic carbocycles. The van der Waals surface area contributed by atoms with Gasteiger partial charge >= 0.3 is 49.8 Å². The van der Waals surface area contributed by atoms with Crippen molar-refractivity contribution < 1.29 is 63.3 Å². The number of Topliss-reactive ketones (excluding diaryl/α,β-unsaturated/α-hetero) is 2. The zero-order valence-corrected chi connectivity index (χ0v) is 29.0. The van der Waals surface area contributed by atoms with E-state index >= 15 is 0 Å². The molecule has 0 atom stereocenters. The molecular weight excluding hydrogens is 924 g/mol. The fraction of sp³-hybridized carbons (Fsp3) is 0.400. The predicted octanol–water partition coefficient (Wildman–Crippen LogP) is 8.77. The molecule has 0 unspecified atom stereocenters. The summed E-state index contributed by atoms with van der Waals surface area (Å²) in [7, 11) is 0. The van der Waals surface area contributed by atoms with Crippen molar-refractivity contribution in [1.82, 2.24) is 0 Å². The summed E-state index contributed by atoms with van der Waals surface area (Å²) in [5, 5.41) is 9.72. The Morgan fingerprint density at radius 2 is 1.49 bits per heavy atom. The van der Waals surface area contributed by atoms with Crippen molar-refractivity contribution in [2.75, 3.05) is 6.61 Å². The number of carbonyl (C=O) groups excluding carboxylic acids is 3. The fourth-order valence-corrected chi connectivity index (χ4v) is 4.17. The molecule has 0 heterocycles. The summed E-state index contributed by atoms with van der Waals surface area (Å²) in [6.45, 7) is 2.19. The van der Waals surface area contributed by atoms with Crippen LogP contribution in [0.2, 0.25) is 0 Å². The molecule has 0 aromatic heterocycles. The van der Waals surface area contributed by atoms with Gasteiger partial charge < -0.3 is 9.84 Å². The van der Waals surface area contributed by atoms with Crippen LogP contribution in [0.15, 0.2) is 45.3 Å². The van der Waals surface area contributed by atoms with Crippen LogP contribution in [0.3, 0.4) is 0 Å². The van der Waals surface area contributed by atoms with E-state index in [4.69, 9.17) is 0 Å². The van der Waals surface area contributed by atoms with Crippen LogP contribution in [-0.2, 0) is 32.7 Å². The molecule has 2 aromatic rings. The number of benzene rings is 2. The number of alkyl halides is 5. The van der Waals surface area contributed by atoms with Crippen molar-refractivity contribution in [2.45, 2.75) is 55.9 Å². The Morgan fingerprint density at radius 1 is 1.00 bits per heavy atom. The van der Waals surface area contributed by atoms with Crippen molar-refractivity contribution in [3.63, 3.8) is 0 Å². The second kappa shape index (κ2) is 18.3. The van der Waals surface area contributed by atoms with Crippen LogP contribution in [0.5, 0.6) is 0 Å². The second-order valence-corrected chi connectivity index (χ2v) is 10.9. The van der Waals surface area contributed by atoms with Gasteiger partial charge in [-0.05, 0) is 71.6 Å². The van der Waals surface area contributed by atoms with Gasteiger partial charge in [0, 0.05) is 50.2 Å². The molecule has 1 aliphatic rings. The molecule has 234 valence electrons. The van der Waals surface area contributed by atoms with Gasteiger partial charge in [0.05, 0.1) is 12.2 Å². The molecule has 0 saturated heterocycles. The van der Waals surface area contributed by atoms with Crippen molar-refractivity contribution in [3.8, 4) is 0 Å². The van der Waals surface area contributed by atoms with Gasteiger partial charge in [0.2, 0.25) is 0 Å². The number of aliphatic hydroxyl groups is 1.